The van der Waals surface area contributed by atoms with E-state index < -0.39 is 0 Å². The molecule has 24 heavy (non-hydrogen) atoms. The maximum Gasteiger partial charge on any atom is 0.275 e. The summed E-state index contributed by atoms with van der Waals surface area (Å²) in [7, 11) is 0. The Bertz CT molecular complexity index is 886. The zero-order chi connectivity index (χ0) is 16.4. The van der Waals surface area contributed by atoms with E-state index in [2.05, 4.69) is 24.9 Å². The molecule has 1 aliphatic heterocycles. The average molecular weight is 322 g/mol. The minimum atomic E-state index is -0.0399. The van der Waals surface area contributed by atoms with Crippen LogP contribution >= 0.6 is 0 Å². The molecule has 122 valence electrons. The molecule has 1 aliphatic rings. The first kappa shape index (κ1) is 14.8. The van der Waals surface area contributed by atoms with E-state index in [4.69, 9.17) is 0 Å². The van der Waals surface area contributed by atoms with Crippen LogP contribution in [-0.2, 0) is 6.67 Å². The molecular formula is C17H18N6O. The predicted octanol–water partition coefficient (Wildman–Crippen LogP) is 0.966. The van der Waals surface area contributed by atoms with Crippen molar-refractivity contribution in [3.63, 3.8) is 0 Å². The minimum Gasteiger partial charge on any atom is -0.338 e. The van der Waals surface area contributed by atoms with Gasteiger partial charge in [0, 0.05) is 44.0 Å². The second kappa shape index (κ2) is 6.37. The van der Waals surface area contributed by atoms with Gasteiger partial charge in [-0.25, -0.2) is 14.6 Å². The molecule has 7 nitrogen and oxygen atoms in total. The monoisotopic (exact) mass is 322 g/mol. The molecule has 0 radical (unpaired) electrons. The maximum atomic E-state index is 12.5. The number of aromatic nitrogens is 4. The Morgan fingerprint density at radius 3 is 2.50 bits per heavy atom. The van der Waals surface area contributed by atoms with Gasteiger partial charge in [-0.05, 0) is 12.1 Å². The van der Waals surface area contributed by atoms with Crippen LogP contribution in [0.1, 0.15) is 0 Å². The maximum absolute atomic E-state index is 12.5. The van der Waals surface area contributed by atoms with Gasteiger partial charge in [0.1, 0.15) is 0 Å². The molecule has 0 N–H and O–H groups in total. The van der Waals surface area contributed by atoms with Crippen LogP contribution in [0.15, 0.2) is 53.7 Å². The minimum absolute atomic E-state index is 0.0399. The van der Waals surface area contributed by atoms with Crippen molar-refractivity contribution in [3.8, 4) is 0 Å². The van der Waals surface area contributed by atoms with E-state index in [1.807, 2.05) is 30.3 Å². The molecule has 0 amide bonds. The highest BCUT2D eigenvalue weighted by Crippen LogP contribution is 2.10. The van der Waals surface area contributed by atoms with Crippen molar-refractivity contribution in [1.29, 1.82) is 0 Å². The first-order valence-electron chi connectivity index (χ1n) is 8.00. The number of nitrogens with zero attached hydrogens (tertiary/aromatic N) is 6. The van der Waals surface area contributed by atoms with E-state index in [-0.39, 0.29) is 5.56 Å². The number of hydrogen-bond donors (Lipinski definition) is 0. The zero-order valence-electron chi connectivity index (χ0n) is 13.2. The summed E-state index contributed by atoms with van der Waals surface area (Å²) < 4.78 is 1.54. The van der Waals surface area contributed by atoms with E-state index in [1.165, 1.54) is 4.68 Å². The van der Waals surface area contributed by atoms with Crippen molar-refractivity contribution in [3.05, 3.63) is 59.3 Å². The molecule has 7 heteroatoms. The number of rotatable bonds is 3. The van der Waals surface area contributed by atoms with Crippen LogP contribution in [0.4, 0.5) is 5.95 Å². The molecule has 3 aromatic rings. The summed E-state index contributed by atoms with van der Waals surface area (Å²) in [6.07, 6.45) is 5.27. The molecule has 1 fully saturated rings. The van der Waals surface area contributed by atoms with E-state index in [9.17, 15) is 4.79 Å². The first-order valence-corrected chi connectivity index (χ1v) is 8.00. The summed E-state index contributed by atoms with van der Waals surface area (Å²) in [6, 6.07) is 9.37. The lowest BCUT2D eigenvalue weighted by Gasteiger charge is -2.34. The normalized spacial score (nSPS) is 15.8. The number of fused-ring (bicyclic) bond motifs is 1. The molecule has 0 atom stereocenters. The molecule has 0 unspecified atom stereocenters. The van der Waals surface area contributed by atoms with Crippen molar-refractivity contribution >= 4 is 16.7 Å². The van der Waals surface area contributed by atoms with Gasteiger partial charge in [0.05, 0.1) is 18.3 Å². The van der Waals surface area contributed by atoms with Crippen LogP contribution in [-0.4, -0.2) is 50.8 Å². The Labute approximate surface area is 139 Å². The summed E-state index contributed by atoms with van der Waals surface area (Å²) in [6.45, 7) is 3.88. The fraction of sp³-hybridized carbons (Fsp3) is 0.294. The standard InChI is InChI=1S/C17H18N6O/c24-16-15-5-2-1-4-14(15)12-20-23(16)13-21-8-10-22(11-9-21)17-18-6-3-7-19-17/h1-7,12H,8-11,13H2. The fourth-order valence-electron chi connectivity index (χ4n) is 2.96. The highest BCUT2D eigenvalue weighted by atomic mass is 16.1. The van der Waals surface area contributed by atoms with E-state index in [0.29, 0.717) is 12.1 Å². The molecule has 0 aliphatic carbocycles. The average Bonchev–Trinajstić information content (AvgIpc) is 2.66. The molecule has 1 aromatic carbocycles. The highest BCUT2D eigenvalue weighted by Gasteiger charge is 2.19. The van der Waals surface area contributed by atoms with E-state index in [1.54, 1.807) is 18.6 Å². The molecular weight excluding hydrogens is 304 g/mol. The molecule has 1 saturated heterocycles. The molecule has 0 spiro atoms. The quantitative estimate of drug-likeness (QED) is 0.716. The number of benzene rings is 1. The van der Waals surface area contributed by atoms with Crippen molar-refractivity contribution in [2.24, 2.45) is 0 Å². The number of hydrogen-bond acceptors (Lipinski definition) is 6. The second-order valence-corrected chi connectivity index (χ2v) is 5.83. The summed E-state index contributed by atoms with van der Waals surface area (Å²) in [5.41, 5.74) is -0.0399. The van der Waals surface area contributed by atoms with Crippen LogP contribution < -0.4 is 10.5 Å². The Balaban J connectivity index is 1.46. The van der Waals surface area contributed by atoms with Gasteiger partial charge in [-0.3, -0.25) is 9.69 Å². The largest absolute Gasteiger partial charge is 0.338 e. The van der Waals surface area contributed by atoms with Crippen molar-refractivity contribution in [2.75, 3.05) is 31.1 Å². The highest BCUT2D eigenvalue weighted by molar-refractivity contribution is 5.80. The van der Waals surface area contributed by atoms with Gasteiger partial charge in [0.15, 0.2) is 0 Å². The van der Waals surface area contributed by atoms with Gasteiger partial charge in [-0.1, -0.05) is 18.2 Å². The Morgan fingerprint density at radius 1 is 0.958 bits per heavy atom. The van der Waals surface area contributed by atoms with Gasteiger partial charge in [-0.15, -0.1) is 0 Å². The molecule has 4 rings (SSSR count). The summed E-state index contributed by atoms with van der Waals surface area (Å²) in [5, 5.41) is 5.89. The first-order chi connectivity index (χ1) is 11.8. The SMILES string of the molecule is O=c1c2ccccc2cnn1CN1CCN(c2ncccn2)CC1. The smallest absolute Gasteiger partial charge is 0.275 e. The Kier molecular flexibility index (Phi) is 3.92. The zero-order valence-corrected chi connectivity index (χ0v) is 13.2. The van der Waals surface area contributed by atoms with Crippen molar-refractivity contribution in [2.45, 2.75) is 6.67 Å². The summed E-state index contributed by atoms with van der Waals surface area (Å²) in [4.78, 5) is 25.5. The predicted molar refractivity (Wildman–Crippen MR) is 91.8 cm³/mol. The molecule has 3 heterocycles. The summed E-state index contributed by atoms with van der Waals surface area (Å²) in [5.74, 6) is 0.762. The van der Waals surface area contributed by atoms with Crippen LogP contribution in [0.5, 0.6) is 0 Å². The third-order valence-corrected chi connectivity index (χ3v) is 4.30. The topological polar surface area (TPSA) is 67.2 Å². The second-order valence-electron chi connectivity index (χ2n) is 5.83. The third kappa shape index (κ3) is 2.85. The van der Waals surface area contributed by atoms with Crippen molar-refractivity contribution in [1.82, 2.24) is 24.6 Å². The van der Waals surface area contributed by atoms with Crippen molar-refractivity contribution < 1.29 is 0 Å². The Hall–Kier alpha value is -2.80. The van der Waals surface area contributed by atoms with Crippen LogP contribution in [0.25, 0.3) is 10.8 Å². The van der Waals surface area contributed by atoms with Crippen LogP contribution in [0, 0.1) is 0 Å². The van der Waals surface area contributed by atoms with E-state index in [0.717, 1.165) is 37.5 Å². The third-order valence-electron chi connectivity index (χ3n) is 4.30. The van der Waals surface area contributed by atoms with Gasteiger partial charge < -0.3 is 4.90 Å². The Morgan fingerprint density at radius 2 is 1.71 bits per heavy atom. The van der Waals surface area contributed by atoms with Crippen LogP contribution in [0.2, 0.25) is 0 Å². The van der Waals surface area contributed by atoms with Crippen LogP contribution in [0.3, 0.4) is 0 Å². The lowest BCUT2D eigenvalue weighted by molar-refractivity contribution is 0.191. The lowest BCUT2D eigenvalue weighted by atomic mass is 10.2. The summed E-state index contributed by atoms with van der Waals surface area (Å²) >= 11 is 0. The van der Waals surface area contributed by atoms with Gasteiger partial charge in [0.25, 0.3) is 5.56 Å². The molecule has 0 saturated carbocycles. The molecule has 2 aromatic heterocycles. The van der Waals surface area contributed by atoms with Gasteiger partial charge in [-0.2, -0.15) is 5.10 Å². The lowest BCUT2D eigenvalue weighted by Crippen LogP contribution is -2.48. The van der Waals surface area contributed by atoms with Gasteiger partial charge in [0.2, 0.25) is 5.95 Å². The number of piperazine rings is 1. The fourth-order valence-corrected chi connectivity index (χ4v) is 2.96. The number of anilines is 1. The van der Waals surface area contributed by atoms with E-state index >= 15 is 0 Å². The van der Waals surface area contributed by atoms with Gasteiger partial charge >= 0.3 is 0 Å². The molecule has 0 bridgehead atoms.